The number of allylic oxidation sites excluding steroid dienone is 1. The fourth-order valence-electron chi connectivity index (χ4n) is 5.05. The molecule has 5 nitrogen and oxygen atoms in total. The van der Waals surface area contributed by atoms with Gasteiger partial charge in [-0.1, -0.05) is 36.4 Å². The first-order valence-electron chi connectivity index (χ1n) is 13.5. The molecule has 1 aliphatic rings. The molecule has 0 saturated heterocycles. The standard InChI is InChI=1S/C32H40N4O/c1-6-34(7-2)27-18-15-25(16-19-27)14-17-26-24-32(30-12-10-11-13-31(30)35(8-3)9-4)36(33-26)28-20-22-29(37-5)23-21-28/h10-23,32H,6-9,24H2,1-5H3/b17-14+. The van der Waals surface area contributed by atoms with Crippen molar-refractivity contribution in [2.45, 2.75) is 40.2 Å². The molecule has 1 unspecified atom stereocenters. The Balaban J connectivity index is 1.65. The van der Waals surface area contributed by atoms with Gasteiger partial charge in [-0.25, -0.2) is 0 Å². The van der Waals surface area contributed by atoms with Gasteiger partial charge in [0.1, 0.15) is 5.75 Å². The Morgan fingerprint density at radius 2 is 1.46 bits per heavy atom. The smallest absolute Gasteiger partial charge is 0.119 e. The third-order valence-corrected chi connectivity index (χ3v) is 7.16. The summed E-state index contributed by atoms with van der Waals surface area (Å²) in [5, 5.41) is 7.28. The second-order valence-electron chi connectivity index (χ2n) is 9.18. The number of hydrazone groups is 1. The van der Waals surface area contributed by atoms with E-state index in [0.29, 0.717) is 0 Å². The van der Waals surface area contributed by atoms with Crippen LogP contribution in [0, 0.1) is 0 Å². The van der Waals surface area contributed by atoms with E-state index in [4.69, 9.17) is 9.84 Å². The molecule has 0 radical (unpaired) electrons. The first kappa shape index (κ1) is 26.3. The van der Waals surface area contributed by atoms with Crippen LogP contribution in [0.25, 0.3) is 6.08 Å². The third kappa shape index (κ3) is 5.99. The molecule has 37 heavy (non-hydrogen) atoms. The number of hydrogen-bond donors (Lipinski definition) is 0. The molecule has 0 amide bonds. The zero-order valence-corrected chi connectivity index (χ0v) is 22.9. The van der Waals surface area contributed by atoms with Gasteiger partial charge in [0.05, 0.1) is 24.6 Å². The van der Waals surface area contributed by atoms with Crippen molar-refractivity contribution < 1.29 is 4.74 Å². The number of para-hydroxylation sites is 1. The summed E-state index contributed by atoms with van der Waals surface area (Å²) in [4.78, 5) is 4.78. The molecular weight excluding hydrogens is 456 g/mol. The highest BCUT2D eigenvalue weighted by molar-refractivity contribution is 6.01. The summed E-state index contributed by atoms with van der Waals surface area (Å²) < 4.78 is 5.39. The van der Waals surface area contributed by atoms with Gasteiger partial charge < -0.3 is 14.5 Å². The number of hydrogen-bond acceptors (Lipinski definition) is 5. The Morgan fingerprint density at radius 3 is 2.08 bits per heavy atom. The molecule has 4 rings (SSSR count). The van der Waals surface area contributed by atoms with Crippen LogP contribution < -0.4 is 19.5 Å². The van der Waals surface area contributed by atoms with Crippen LogP contribution in [0.2, 0.25) is 0 Å². The molecule has 0 fully saturated rings. The zero-order valence-electron chi connectivity index (χ0n) is 22.9. The summed E-state index contributed by atoms with van der Waals surface area (Å²) >= 11 is 0. The SMILES string of the molecule is CCN(CC)c1ccc(/C=C/C2=NN(c3ccc(OC)cc3)C(c3ccccc3N(CC)CC)C2)cc1. The van der Waals surface area contributed by atoms with Crippen LogP contribution in [-0.4, -0.2) is 39.0 Å². The summed E-state index contributed by atoms with van der Waals surface area (Å²) in [6, 6.07) is 25.9. The first-order valence-corrected chi connectivity index (χ1v) is 13.5. The molecule has 0 N–H and O–H groups in total. The van der Waals surface area contributed by atoms with E-state index in [0.717, 1.165) is 49.7 Å². The molecule has 0 spiro atoms. The highest BCUT2D eigenvalue weighted by Crippen LogP contribution is 2.40. The number of rotatable bonds is 11. The highest BCUT2D eigenvalue weighted by atomic mass is 16.5. The zero-order chi connectivity index (χ0) is 26.2. The molecule has 1 aliphatic heterocycles. The highest BCUT2D eigenvalue weighted by Gasteiger charge is 2.30. The summed E-state index contributed by atoms with van der Waals surface area (Å²) in [5.41, 5.74) is 7.16. The number of methoxy groups -OCH3 is 1. The second kappa shape index (κ2) is 12.5. The molecule has 0 aliphatic carbocycles. The lowest BCUT2D eigenvalue weighted by Crippen LogP contribution is -2.26. The average molecular weight is 497 g/mol. The van der Waals surface area contributed by atoms with Gasteiger partial charge in [0, 0.05) is 49.5 Å². The van der Waals surface area contributed by atoms with E-state index >= 15 is 0 Å². The lowest BCUT2D eigenvalue weighted by Gasteiger charge is -2.30. The fourth-order valence-corrected chi connectivity index (χ4v) is 5.05. The molecule has 194 valence electrons. The Bertz CT molecular complexity index is 1190. The maximum absolute atomic E-state index is 5.39. The van der Waals surface area contributed by atoms with Crippen LogP contribution in [0.4, 0.5) is 17.1 Å². The number of anilines is 3. The molecule has 1 heterocycles. The minimum atomic E-state index is 0.120. The quantitative estimate of drug-likeness (QED) is 0.277. The topological polar surface area (TPSA) is 31.3 Å². The molecule has 5 heteroatoms. The van der Waals surface area contributed by atoms with Crippen molar-refractivity contribution >= 4 is 28.8 Å². The summed E-state index contributed by atoms with van der Waals surface area (Å²) in [6.07, 6.45) is 5.19. The number of nitrogens with zero attached hydrogens (tertiary/aromatic N) is 4. The monoisotopic (exact) mass is 496 g/mol. The third-order valence-electron chi connectivity index (χ3n) is 7.16. The van der Waals surface area contributed by atoms with Crippen molar-refractivity contribution in [3.8, 4) is 5.75 Å². The van der Waals surface area contributed by atoms with Crippen molar-refractivity contribution in [2.24, 2.45) is 5.10 Å². The van der Waals surface area contributed by atoms with E-state index in [1.54, 1.807) is 7.11 Å². The second-order valence-corrected chi connectivity index (χ2v) is 9.18. The Hall–Kier alpha value is -3.73. The minimum absolute atomic E-state index is 0.120. The van der Waals surface area contributed by atoms with Crippen molar-refractivity contribution in [3.05, 3.63) is 90.0 Å². The van der Waals surface area contributed by atoms with Crippen LogP contribution in [0.1, 0.15) is 51.3 Å². The summed E-state index contributed by atoms with van der Waals surface area (Å²) in [5.74, 6) is 0.847. The van der Waals surface area contributed by atoms with E-state index in [1.165, 1.54) is 22.5 Å². The van der Waals surface area contributed by atoms with Crippen molar-refractivity contribution in [1.29, 1.82) is 0 Å². The Kier molecular flexibility index (Phi) is 8.89. The molecule has 0 saturated carbocycles. The predicted molar refractivity (Wildman–Crippen MR) is 159 cm³/mol. The van der Waals surface area contributed by atoms with E-state index in [-0.39, 0.29) is 6.04 Å². The van der Waals surface area contributed by atoms with Crippen LogP contribution in [-0.2, 0) is 0 Å². The van der Waals surface area contributed by atoms with Gasteiger partial charge in [0.2, 0.25) is 0 Å². The van der Waals surface area contributed by atoms with E-state index < -0.39 is 0 Å². The van der Waals surface area contributed by atoms with Crippen LogP contribution in [0.15, 0.2) is 84.0 Å². The minimum Gasteiger partial charge on any atom is -0.497 e. The van der Waals surface area contributed by atoms with E-state index in [2.05, 4.69) is 115 Å². The molecule has 1 atom stereocenters. The largest absolute Gasteiger partial charge is 0.497 e. The van der Waals surface area contributed by atoms with Gasteiger partial charge in [-0.3, -0.25) is 5.01 Å². The molecule has 0 aromatic heterocycles. The number of benzene rings is 3. The maximum Gasteiger partial charge on any atom is 0.119 e. The maximum atomic E-state index is 5.39. The number of ether oxygens (including phenoxy) is 1. The van der Waals surface area contributed by atoms with Crippen molar-refractivity contribution in [3.63, 3.8) is 0 Å². The predicted octanol–water partition coefficient (Wildman–Crippen LogP) is 7.41. The van der Waals surface area contributed by atoms with Crippen molar-refractivity contribution in [1.82, 2.24) is 0 Å². The van der Waals surface area contributed by atoms with Gasteiger partial charge in [-0.05, 0) is 81.8 Å². The summed E-state index contributed by atoms with van der Waals surface area (Å²) in [6.45, 7) is 12.8. The Labute approximate surface area is 222 Å². The van der Waals surface area contributed by atoms with Gasteiger partial charge in [0.15, 0.2) is 0 Å². The van der Waals surface area contributed by atoms with Crippen molar-refractivity contribution in [2.75, 3.05) is 48.1 Å². The molecule has 0 bridgehead atoms. The van der Waals surface area contributed by atoms with E-state index in [1.807, 2.05) is 12.1 Å². The Morgan fingerprint density at radius 1 is 0.811 bits per heavy atom. The average Bonchev–Trinajstić information content (AvgIpc) is 3.38. The van der Waals surface area contributed by atoms with Crippen LogP contribution >= 0.6 is 0 Å². The lowest BCUT2D eigenvalue weighted by atomic mass is 9.98. The van der Waals surface area contributed by atoms with Gasteiger partial charge in [0.25, 0.3) is 0 Å². The van der Waals surface area contributed by atoms with Crippen LogP contribution in [0.3, 0.4) is 0 Å². The van der Waals surface area contributed by atoms with Crippen LogP contribution in [0.5, 0.6) is 5.75 Å². The normalized spacial score (nSPS) is 15.2. The van der Waals surface area contributed by atoms with Gasteiger partial charge in [-0.15, -0.1) is 0 Å². The van der Waals surface area contributed by atoms with Gasteiger partial charge >= 0.3 is 0 Å². The first-order chi connectivity index (χ1) is 18.1. The van der Waals surface area contributed by atoms with E-state index in [9.17, 15) is 0 Å². The van der Waals surface area contributed by atoms with Gasteiger partial charge in [-0.2, -0.15) is 5.10 Å². The molecule has 3 aromatic rings. The molecular formula is C32H40N4O. The lowest BCUT2D eigenvalue weighted by molar-refractivity contribution is 0.415. The fraction of sp³-hybridized carbons (Fsp3) is 0.344. The molecule has 3 aromatic carbocycles. The summed E-state index contributed by atoms with van der Waals surface area (Å²) in [7, 11) is 1.70.